The number of fused-ring (bicyclic) bond motifs is 1. The normalized spacial score (nSPS) is 17.4. The van der Waals surface area contributed by atoms with E-state index in [4.69, 9.17) is 23.8 Å². The van der Waals surface area contributed by atoms with Gasteiger partial charge in [0, 0.05) is 23.0 Å². The first-order valence-electron chi connectivity index (χ1n) is 10.1. The number of hydrazine groups is 1. The minimum absolute atomic E-state index is 0.125. The van der Waals surface area contributed by atoms with E-state index in [9.17, 15) is 14.4 Å². The van der Waals surface area contributed by atoms with Gasteiger partial charge in [0.15, 0.2) is 4.32 Å². The first kappa shape index (κ1) is 22.3. The largest absolute Gasteiger partial charge is 0.303 e. The molecule has 3 aromatic rings. The van der Waals surface area contributed by atoms with Gasteiger partial charge >= 0.3 is 0 Å². The molecule has 10 heteroatoms. The summed E-state index contributed by atoms with van der Waals surface area (Å²) in [6.45, 7) is 0.247. The van der Waals surface area contributed by atoms with Crippen molar-refractivity contribution in [2.45, 2.75) is 6.54 Å². The standard InChI is InChI=1S/C24H15ClN4O3S2/c25-17-9-3-1-6-15(17)13-28-18-10-4-2-8-16(18)19(22(28)31)20-23(32)29(24(33)34-20)27-21(30)14-7-5-11-26-12-14/h1-12H,13H2,(H,27,30)/b20-19+. The molecular weight excluding hydrogens is 492 g/mol. The van der Waals surface area contributed by atoms with Gasteiger partial charge in [-0.3, -0.25) is 24.8 Å². The number of thioether (sulfide) groups is 1. The van der Waals surface area contributed by atoms with Crippen LogP contribution in [-0.2, 0) is 16.1 Å². The molecule has 0 aliphatic carbocycles. The molecule has 0 atom stereocenters. The Balaban J connectivity index is 1.49. The van der Waals surface area contributed by atoms with E-state index in [0.717, 1.165) is 22.3 Å². The molecule has 3 heterocycles. The highest BCUT2D eigenvalue weighted by atomic mass is 35.5. The first-order valence-corrected chi connectivity index (χ1v) is 11.7. The van der Waals surface area contributed by atoms with Crippen LogP contribution in [0, 0.1) is 0 Å². The van der Waals surface area contributed by atoms with Crippen LogP contribution in [0.2, 0.25) is 5.02 Å². The number of thiocarbonyl (C=S) groups is 1. The molecule has 0 radical (unpaired) electrons. The fourth-order valence-electron chi connectivity index (χ4n) is 3.73. The van der Waals surface area contributed by atoms with Crippen molar-refractivity contribution in [1.82, 2.24) is 15.4 Å². The molecule has 1 aromatic heterocycles. The summed E-state index contributed by atoms with van der Waals surface area (Å²) >= 11 is 12.7. The van der Waals surface area contributed by atoms with Gasteiger partial charge in [0.1, 0.15) is 0 Å². The summed E-state index contributed by atoms with van der Waals surface area (Å²) in [6.07, 6.45) is 2.92. The zero-order valence-corrected chi connectivity index (χ0v) is 19.8. The van der Waals surface area contributed by atoms with E-state index in [1.807, 2.05) is 30.3 Å². The third-order valence-electron chi connectivity index (χ3n) is 5.34. The average molecular weight is 507 g/mol. The number of anilines is 1. The van der Waals surface area contributed by atoms with E-state index in [2.05, 4.69) is 10.4 Å². The molecule has 1 saturated heterocycles. The molecule has 3 amide bonds. The Labute approximate surface area is 209 Å². The molecule has 5 rings (SSSR count). The van der Waals surface area contributed by atoms with Gasteiger partial charge < -0.3 is 4.90 Å². The number of benzene rings is 2. The molecule has 34 heavy (non-hydrogen) atoms. The number of nitrogens with one attached hydrogen (secondary N) is 1. The van der Waals surface area contributed by atoms with Gasteiger partial charge in [-0.1, -0.05) is 59.8 Å². The second-order valence-corrected chi connectivity index (χ2v) is 9.45. The number of pyridine rings is 1. The molecule has 1 fully saturated rings. The monoisotopic (exact) mass is 506 g/mol. The van der Waals surface area contributed by atoms with Crippen LogP contribution < -0.4 is 10.3 Å². The van der Waals surface area contributed by atoms with Gasteiger partial charge in [0.25, 0.3) is 17.7 Å². The van der Waals surface area contributed by atoms with E-state index in [0.29, 0.717) is 16.3 Å². The maximum atomic E-state index is 13.6. The molecule has 2 aromatic carbocycles. The average Bonchev–Trinajstić information content (AvgIpc) is 3.28. The summed E-state index contributed by atoms with van der Waals surface area (Å²) in [5, 5.41) is 1.54. The maximum absolute atomic E-state index is 13.6. The lowest BCUT2D eigenvalue weighted by Crippen LogP contribution is -2.45. The SMILES string of the molecule is O=C(NN1C(=O)/C(=C2\C(=O)N(Cc3ccccc3Cl)c3ccccc32)SC1=S)c1cccnc1. The van der Waals surface area contributed by atoms with Crippen LogP contribution in [-0.4, -0.2) is 32.0 Å². The number of halogens is 1. The number of carbonyl (C=O) groups excluding carboxylic acids is 3. The number of rotatable bonds is 4. The van der Waals surface area contributed by atoms with E-state index in [1.165, 1.54) is 6.20 Å². The Morgan fingerprint density at radius 2 is 1.79 bits per heavy atom. The maximum Gasteiger partial charge on any atom is 0.286 e. The van der Waals surface area contributed by atoms with Crippen molar-refractivity contribution in [2.24, 2.45) is 0 Å². The lowest BCUT2D eigenvalue weighted by molar-refractivity contribution is -0.124. The van der Waals surface area contributed by atoms with Crippen molar-refractivity contribution in [3.8, 4) is 0 Å². The van der Waals surface area contributed by atoms with Crippen molar-refractivity contribution in [3.05, 3.63) is 99.7 Å². The van der Waals surface area contributed by atoms with Crippen LogP contribution >= 0.6 is 35.6 Å². The minimum Gasteiger partial charge on any atom is -0.303 e. The molecule has 2 aliphatic heterocycles. The van der Waals surface area contributed by atoms with Crippen LogP contribution in [0.1, 0.15) is 21.5 Å². The summed E-state index contributed by atoms with van der Waals surface area (Å²) in [5.74, 6) is -1.43. The molecule has 7 nitrogen and oxygen atoms in total. The van der Waals surface area contributed by atoms with Gasteiger partial charge in [0.05, 0.1) is 28.3 Å². The highest BCUT2D eigenvalue weighted by molar-refractivity contribution is 8.26. The molecule has 0 bridgehead atoms. The Morgan fingerprint density at radius 3 is 2.56 bits per heavy atom. The topological polar surface area (TPSA) is 82.6 Å². The Bertz CT molecular complexity index is 1390. The molecule has 1 N–H and O–H groups in total. The number of hydrogen-bond donors (Lipinski definition) is 1. The van der Waals surface area contributed by atoms with Crippen LogP contribution in [0.5, 0.6) is 0 Å². The van der Waals surface area contributed by atoms with Crippen molar-refractivity contribution in [3.63, 3.8) is 0 Å². The molecule has 0 saturated carbocycles. The van der Waals surface area contributed by atoms with Crippen LogP contribution in [0.4, 0.5) is 5.69 Å². The molecule has 168 valence electrons. The van der Waals surface area contributed by atoms with Crippen molar-refractivity contribution in [1.29, 1.82) is 0 Å². The quantitative estimate of drug-likeness (QED) is 0.422. The van der Waals surface area contributed by atoms with Crippen LogP contribution in [0.15, 0.2) is 78.0 Å². The fraction of sp³-hybridized carbons (Fsp3) is 0.0417. The van der Waals surface area contributed by atoms with E-state index in [1.54, 1.807) is 41.4 Å². The van der Waals surface area contributed by atoms with Gasteiger partial charge in [-0.05, 0) is 42.0 Å². The van der Waals surface area contributed by atoms with Gasteiger partial charge in [0.2, 0.25) is 0 Å². The minimum atomic E-state index is -0.565. The summed E-state index contributed by atoms with van der Waals surface area (Å²) in [5.41, 5.74) is 5.11. The first-order chi connectivity index (χ1) is 16.5. The second-order valence-electron chi connectivity index (χ2n) is 7.40. The summed E-state index contributed by atoms with van der Waals surface area (Å²) in [4.78, 5) is 45.1. The lowest BCUT2D eigenvalue weighted by Gasteiger charge is -2.18. The molecule has 0 unspecified atom stereocenters. The number of para-hydroxylation sites is 1. The van der Waals surface area contributed by atoms with E-state index in [-0.39, 0.29) is 32.8 Å². The lowest BCUT2D eigenvalue weighted by atomic mass is 10.1. The molecule has 0 spiro atoms. The number of nitrogens with zero attached hydrogens (tertiary/aromatic N) is 3. The summed E-state index contributed by atoms with van der Waals surface area (Å²) < 4.78 is 0.125. The second kappa shape index (κ2) is 9.02. The Hall–Kier alpha value is -3.53. The highest BCUT2D eigenvalue weighted by Crippen LogP contribution is 2.44. The third-order valence-corrected chi connectivity index (χ3v) is 7.08. The fourth-order valence-corrected chi connectivity index (χ4v) is 5.18. The zero-order valence-electron chi connectivity index (χ0n) is 17.4. The van der Waals surface area contributed by atoms with E-state index >= 15 is 0 Å². The summed E-state index contributed by atoms with van der Waals surface area (Å²) in [7, 11) is 0. The number of amides is 3. The third kappa shape index (κ3) is 3.87. The smallest absolute Gasteiger partial charge is 0.286 e. The van der Waals surface area contributed by atoms with Crippen molar-refractivity contribution >= 4 is 68.9 Å². The van der Waals surface area contributed by atoms with Gasteiger partial charge in [-0.15, -0.1) is 0 Å². The van der Waals surface area contributed by atoms with Gasteiger partial charge in [-0.25, -0.2) is 0 Å². The van der Waals surface area contributed by atoms with Crippen molar-refractivity contribution in [2.75, 3.05) is 4.90 Å². The molecular formula is C24H15ClN4O3S2. The number of aromatic nitrogens is 1. The number of carbonyl (C=O) groups is 3. The summed E-state index contributed by atoms with van der Waals surface area (Å²) in [6, 6.07) is 17.7. The predicted octanol–water partition coefficient (Wildman–Crippen LogP) is 4.20. The number of hydrogen-bond acceptors (Lipinski definition) is 6. The van der Waals surface area contributed by atoms with E-state index < -0.39 is 11.8 Å². The highest BCUT2D eigenvalue weighted by Gasteiger charge is 2.42. The Morgan fingerprint density at radius 1 is 1.03 bits per heavy atom. The zero-order chi connectivity index (χ0) is 23.8. The Kier molecular flexibility index (Phi) is 5.91. The van der Waals surface area contributed by atoms with Crippen molar-refractivity contribution < 1.29 is 14.4 Å². The van der Waals surface area contributed by atoms with Crippen LogP contribution in [0.25, 0.3) is 5.57 Å². The van der Waals surface area contributed by atoms with Crippen LogP contribution in [0.3, 0.4) is 0 Å². The predicted molar refractivity (Wildman–Crippen MR) is 135 cm³/mol. The van der Waals surface area contributed by atoms with Gasteiger partial charge in [-0.2, -0.15) is 5.01 Å². The molecule has 2 aliphatic rings.